The molecule has 0 radical (unpaired) electrons. The van der Waals surface area contributed by atoms with Crippen molar-refractivity contribution in [2.24, 2.45) is 0 Å². The monoisotopic (exact) mass is 239 g/mol. The molecule has 2 heterocycles. The van der Waals surface area contributed by atoms with Crippen LogP contribution in [0.2, 0.25) is 0 Å². The second-order valence-corrected chi connectivity index (χ2v) is 3.82. The summed E-state index contributed by atoms with van der Waals surface area (Å²) in [5, 5.41) is 0. The van der Waals surface area contributed by atoms with Crippen molar-refractivity contribution in [2.75, 3.05) is 3.93 Å². The summed E-state index contributed by atoms with van der Waals surface area (Å²) in [6.45, 7) is 3.93. The fourth-order valence-electron chi connectivity index (χ4n) is 1.47. The van der Waals surface area contributed by atoms with E-state index in [1.54, 1.807) is 0 Å². The van der Waals surface area contributed by atoms with E-state index in [1.807, 2.05) is 24.0 Å². The summed E-state index contributed by atoms with van der Waals surface area (Å²) in [4.78, 5) is 8.70. The smallest absolute Gasteiger partial charge is 0.150 e. The van der Waals surface area contributed by atoms with Crippen LogP contribution in [-0.2, 0) is 6.42 Å². The van der Waals surface area contributed by atoms with Gasteiger partial charge in [-0.15, -0.1) is 0 Å². The summed E-state index contributed by atoms with van der Waals surface area (Å²) >= 11 is 3.41. The van der Waals surface area contributed by atoms with Gasteiger partial charge in [0, 0.05) is 17.5 Å². The van der Waals surface area contributed by atoms with Gasteiger partial charge >= 0.3 is 0 Å². The first-order valence-corrected chi connectivity index (χ1v) is 4.85. The van der Waals surface area contributed by atoms with E-state index in [0.29, 0.717) is 0 Å². The highest BCUT2D eigenvalue weighted by atomic mass is 79.9. The number of aromatic nitrogens is 2. The number of nitrogens with zero attached hydrogens (tertiary/aromatic N) is 3. The number of hydrogen-bond donors (Lipinski definition) is 0. The molecule has 0 bridgehead atoms. The van der Waals surface area contributed by atoms with Crippen LogP contribution in [0.25, 0.3) is 0 Å². The van der Waals surface area contributed by atoms with E-state index in [0.717, 1.165) is 23.8 Å². The molecule has 0 N–H and O–H groups in total. The minimum absolute atomic E-state index is 0.816. The van der Waals surface area contributed by atoms with Crippen molar-refractivity contribution in [1.82, 2.24) is 9.97 Å². The molecule has 0 amide bonds. The number of halogens is 1. The van der Waals surface area contributed by atoms with Crippen molar-refractivity contribution in [1.29, 1.82) is 0 Å². The largest absolute Gasteiger partial charge is 0.268 e. The molecule has 0 atom stereocenters. The number of anilines is 1. The molecular formula is C9H10BrN3. The lowest BCUT2D eigenvalue weighted by Gasteiger charge is -2.19. The van der Waals surface area contributed by atoms with E-state index in [2.05, 4.69) is 32.2 Å². The molecule has 4 heteroatoms. The number of rotatable bonds is 0. The summed E-state index contributed by atoms with van der Waals surface area (Å²) < 4.78 is 1.85. The maximum atomic E-state index is 4.37. The van der Waals surface area contributed by atoms with Gasteiger partial charge in [-0.05, 0) is 20.3 Å². The van der Waals surface area contributed by atoms with E-state index < -0.39 is 0 Å². The third-order valence-corrected chi connectivity index (χ3v) is 2.64. The Morgan fingerprint density at radius 1 is 1.38 bits per heavy atom. The topological polar surface area (TPSA) is 29.0 Å². The van der Waals surface area contributed by atoms with Crippen LogP contribution in [0.4, 0.5) is 5.82 Å². The first-order valence-electron chi connectivity index (χ1n) is 4.14. The molecule has 68 valence electrons. The van der Waals surface area contributed by atoms with E-state index in [-0.39, 0.29) is 0 Å². The van der Waals surface area contributed by atoms with Gasteiger partial charge in [0.1, 0.15) is 11.6 Å². The Bertz CT molecular complexity index is 373. The van der Waals surface area contributed by atoms with Gasteiger partial charge < -0.3 is 0 Å². The molecule has 0 aromatic carbocycles. The van der Waals surface area contributed by atoms with Crippen molar-refractivity contribution in [3.63, 3.8) is 0 Å². The van der Waals surface area contributed by atoms with Crippen LogP contribution in [0.1, 0.15) is 17.1 Å². The zero-order valence-electron chi connectivity index (χ0n) is 7.58. The second kappa shape index (κ2) is 3.10. The van der Waals surface area contributed by atoms with E-state index in [4.69, 9.17) is 0 Å². The average molecular weight is 240 g/mol. The highest BCUT2D eigenvalue weighted by Gasteiger charge is 2.15. The molecule has 0 fully saturated rings. The third kappa shape index (κ3) is 1.46. The zero-order valence-corrected chi connectivity index (χ0v) is 9.17. The van der Waals surface area contributed by atoms with Gasteiger partial charge in [0.05, 0.1) is 16.1 Å². The predicted octanol–water partition coefficient (Wildman–Crippen LogP) is 2.28. The average Bonchev–Trinajstić information content (AvgIpc) is 2.07. The first kappa shape index (κ1) is 8.69. The maximum absolute atomic E-state index is 4.37. The predicted molar refractivity (Wildman–Crippen MR) is 55.8 cm³/mol. The van der Waals surface area contributed by atoms with Crippen LogP contribution in [0.15, 0.2) is 12.3 Å². The van der Waals surface area contributed by atoms with E-state index >= 15 is 0 Å². The quantitative estimate of drug-likeness (QED) is 0.651. The van der Waals surface area contributed by atoms with Crippen LogP contribution >= 0.6 is 16.1 Å². The lowest BCUT2D eigenvalue weighted by molar-refractivity contribution is 0.952. The lowest BCUT2D eigenvalue weighted by Crippen LogP contribution is -2.13. The Morgan fingerprint density at radius 2 is 2.15 bits per heavy atom. The van der Waals surface area contributed by atoms with Gasteiger partial charge in [0.2, 0.25) is 0 Å². The Morgan fingerprint density at radius 3 is 2.92 bits per heavy atom. The fourth-order valence-corrected chi connectivity index (χ4v) is 1.93. The molecule has 3 nitrogen and oxygen atoms in total. The number of allylic oxidation sites excluding steroid dienone is 1. The van der Waals surface area contributed by atoms with Crippen LogP contribution in [0.5, 0.6) is 0 Å². The molecule has 1 aromatic rings. The Labute approximate surface area is 85.8 Å². The molecule has 0 saturated heterocycles. The molecule has 1 aliphatic heterocycles. The van der Waals surface area contributed by atoms with Crippen molar-refractivity contribution in [3.8, 4) is 0 Å². The van der Waals surface area contributed by atoms with Crippen molar-refractivity contribution in [2.45, 2.75) is 20.3 Å². The molecular weight excluding hydrogens is 230 g/mol. The minimum atomic E-state index is 0.816. The van der Waals surface area contributed by atoms with Gasteiger partial charge in [-0.3, -0.25) is 3.93 Å². The van der Waals surface area contributed by atoms with Crippen LogP contribution in [0, 0.1) is 13.8 Å². The molecule has 1 aliphatic rings. The summed E-state index contributed by atoms with van der Waals surface area (Å²) in [5.74, 6) is 1.78. The highest BCUT2D eigenvalue weighted by molar-refractivity contribution is 9.10. The normalized spacial score (nSPS) is 14.5. The van der Waals surface area contributed by atoms with Gasteiger partial charge in [-0.2, -0.15) is 0 Å². The molecule has 0 aliphatic carbocycles. The van der Waals surface area contributed by atoms with Crippen LogP contribution < -0.4 is 3.93 Å². The molecule has 0 unspecified atom stereocenters. The molecule has 0 saturated carbocycles. The number of fused-ring (bicyclic) bond motifs is 1. The molecule has 13 heavy (non-hydrogen) atoms. The highest BCUT2D eigenvalue weighted by Crippen LogP contribution is 2.27. The van der Waals surface area contributed by atoms with Crippen molar-refractivity contribution in [3.05, 3.63) is 29.4 Å². The molecule has 1 aromatic heterocycles. The van der Waals surface area contributed by atoms with Crippen molar-refractivity contribution >= 4 is 22.0 Å². The SMILES string of the molecule is Cc1nc(C)c2c(n1)N(Br)C=CC2. The summed E-state index contributed by atoms with van der Waals surface area (Å²) in [7, 11) is 0. The zero-order chi connectivity index (χ0) is 9.42. The van der Waals surface area contributed by atoms with Crippen LogP contribution in [0.3, 0.4) is 0 Å². The van der Waals surface area contributed by atoms with Gasteiger partial charge in [0.25, 0.3) is 0 Å². The summed E-state index contributed by atoms with van der Waals surface area (Å²) in [5.41, 5.74) is 2.27. The van der Waals surface area contributed by atoms with E-state index in [9.17, 15) is 0 Å². The fraction of sp³-hybridized carbons (Fsp3) is 0.333. The number of hydrogen-bond acceptors (Lipinski definition) is 3. The second-order valence-electron chi connectivity index (χ2n) is 3.06. The first-order chi connectivity index (χ1) is 6.18. The minimum Gasteiger partial charge on any atom is -0.268 e. The lowest BCUT2D eigenvalue weighted by atomic mass is 10.1. The summed E-state index contributed by atoms with van der Waals surface area (Å²) in [6, 6.07) is 0. The van der Waals surface area contributed by atoms with Gasteiger partial charge in [-0.1, -0.05) is 6.08 Å². The van der Waals surface area contributed by atoms with Gasteiger partial charge in [-0.25, -0.2) is 9.97 Å². The maximum Gasteiger partial charge on any atom is 0.150 e. The number of aryl methyl sites for hydroxylation is 2. The van der Waals surface area contributed by atoms with Crippen LogP contribution in [-0.4, -0.2) is 9.97 Å². The van der Waals surface area contributed by atoms with Crippen molar-refractivity contribution < 1.29 is 0 Å². The summed E-state index contributed by atoms with van der Waals surface area (Å²) in [6.07, 6.45) is 4.97. The third-order valence-electron chi connectivity index (χ3n) is 2.06. The molecule has 0 spiro atoms. The van der Waals surface area contributed by atoms with E-state index in [1.165, 1.54) is 5.56 Å². The van der Waals surface area contributed by atoms with Gasteiger partial charge in [0.15, 0.2) is 0 Å². The Balaban J connectivity index is 2.60. The molecule has 2 rings (SSSR count). The Hall–Kier alpha value is -0.900. The Kier molecular flexibility index (Phi) is 2.07. The standard InChI is InChI=1S/C9H10BrN3/c1-6-8-4-3-5-13(10)9(8)12-7(2)11-6/h3,5H,4H2,1-2H3.